The fraction of sp³-hybridized carbons (Fsp3) is 0.320. The van der Waals surface area contributed by atoms with Crippen molar-refractivity contribution in [1.29, 1.82) is 0 Å². The van der Waals surface area contributed by atoms with E-state index in [1.54, 1.807) is 0 Å². The van der Waals surface area contributed by atoms with E-state index in [1.165, 1.54) is 33.4 Å². The van der Waals surface area contributed by atoms with Crippen LogP contribution in [0.5, 0.6) is 0 Å². The molecule has 1 heterocycles. The first-order valence-electron chi connectivity index (χ1n) is 9.56. The Morgan fingerprint density at radius 1 is 0.846 bits per heavy atom. The van der Waals surface area contributed by atoms with Crippen LogP contribution in [0.4, 0.5) is 0 Å². The molecule has 0 spiro atoms. The third-order valence-electron chi connectivity index (χ3n) is 6.28. The molecular weight excluding hydrogens is 314 g/mol. The zero-order chi connectivity index (χ0) is 18.5. The highest BCUT2D eigenvalue weighted by molar-refractivity contribution is 5.85. The molecule has 0 amide bonds. The lowest BCUT2D eigenvalue weighted by Gasteiger charge is -2.29. The molecule has 0 fully saturated rings. The summed E-state index contributed by atoms with van der Waals surface area (Å²) in [7, 11) is 0. The van der Waals surface area contributed by atoms with Crippen molar-refractivity contribution < 1.29 is 0 Å². The minimum absolute atomic E-state index is 0.0182. The van der Waals surface area contributed by atoms with Crippen LogP contribution in [0.1, 0.15) is 57.7 Å². The Balaban J connectivity index is 2.06. The molecule has 26 heavy (non-hydrogen) atoms. The predicted molar refractivity (Wildman–Crippen MR) is 111 cm³/mol. The normalized spacial score (nSPS) is 14.8. The quantitative estimate of drug-likeness (QED) is 0.514. The van der Waals surface area contributed by atoms with Crippen molar-refractivity contribution >= 4 is 0 Å². The largest absolute Gasteiger partial charge is 0.256 e. The Morgan fingerprint density at radius 2 is 1.58 bits per heavy atom. The molecule has 0 aliphatic heterocycles. The van der Waals surface area contributed by atoms with Gasteiger partial charge in [-0.1, -0.05) is 65.0 Å². The number of pyridine rings is 1. The summed E-state index contributed by atoms with van der Waals surface area (Å²) in [6, 6.07) is 19.9. The average Bonchev–Trinajstić information content (AvgIpc) is 2.89. The van der Waals surface area contributed by atoms with Crippen molar-refractivity contribution in [2.24, 2.45) is 0 Å². The summed E-state index contributed by atoms with van der Waals surface area (Å²) in [5.74, 6) is 0. The zero-order valence-electron chi connectivity index (χ0n) is 16.4. The molecule has 1 nitrogen and oxygen atoms in total. The molecule has 3 aromatic rings. The Hall–Kier alpha value is -2.41. The summed E-state index contributed by atoms with van der Waals surface area (Å²) in [4.78, 5) is 4.68. The van der Waals surface area contributed by atoms with E-state index in [-0.39, 0.29) is 10.8 Å². The lowest BCUT2D eigenvalue weighted by atomic mass is 9.75. The van der Waals surface area contributed by atoms with Crippen LogP contribution in [-0.4, -0.2) is 4.98 Å². The minimum Gasteiger partial charge on any atom is -0.256 e. The molecule has 0 saturated heterocycles. The van der Waals surface area contributed by atoms with Crippen molar-refractivity contribution in [3.8, 4) is 22.4 Å². The number of fused-ring (bicyclic) bond motifs is 3. The van der Waals surface area contributed by atoms with Gasteiger partial charge in [-0.25, -0.2) is 0 Å². The zero-order valence-corrected chi connectivity index (χ0v) is 16.4. The standard InChI is InChI=1S/C25H27N/c1-6-24(2,3)21-15-18-17-11-7-8-12-20(17)25(4,5)22(18)16-19(21)23-13-9-10-14-26-23/h7-16H,6H2,1-5H3. The van der Waals surface area contributed by atoms with Crippen molar-refractivity contribution in [2.75, 3.05) is 0 Å². The Kier molecular flexibility index (Phi) is 3.80. The number of hydrogen-bond acceptors (Lipinski definition) is 1. The molecule has 0 N–H and O–H groups in total. The van der Waals surface area contributed by atoms with E-state index >= 15 is 0 Å². The molecule has 1 aromatic heterocycles. The monoisotopic (exact) mass is 341 g/mol. The second-order valence-electron chi connectivity index (χ2n) is 8.57. The molecular formula is C25H27N. The molecule has 4 rings (SSSR count). The SMILES string of the molecule is CCC(C)(C)c1cc2c(cc1-c1ccccn1)C(C)(C)c1ccccc1-2. The van der Waals surface area contributed by atoms with Gasteiger partial charge in [-0.2, -0.15) is 0 Å². The van der Waals surface area contributed by atoms with Crippen molar-refractivity contribution in [2.45, 2.75) is 51.9 Å². The van der Waals surface area contributed by atoms with Gasteiger partial charge in [-0.05, 0) is 63.9 Å². The van der Waals surface area contributed by atoms with Crippen LogP contribution < -0.4 is 0 Å². The lowest BCUT2D eigenvalue weighted by molar-refractivity contribution is 0.507. The van der Waals surface area contributed by atoms with Gasteiger partial charge >= 0.3 is 0 Å². The van der Waals surface area contributed by atoms with Crippen molar-refractivity contribution in [3.63, 3.8) is 0 Å². The van der Waals surface area contributed by atoms with Gasteiger partial charge in [-0.3, -0.25) is 4.98 Å². The molecule has 1 heteroatoms. The maximum absolute atomic E-state index is 4.68. The minimum atomic E-state index is 0.0182. The summed E-state index contributed by atoms with van der Waals surface area (Å²) >= 11 is 0. The van der Waals surface area contributed by atoms with E-state index in [0.29, 0.717) is 0 Å². The van der Waals surface area contributed by atoms with Crippen LogP contribution in [0, 0.1) is 0 Å². The lowest BCUT2D eigenvalue weighted by Crippen LogP contribution is -2.19. The van der Waals surface area contributed by atoms with Crippen LogP contribution in [-0.2, 0) is 10.8 Å². The highest BCUT2D eigenvalue weighted by Crippen LogP contribution is 2.51. The Morgan fingerprint density at radius 3 is 2.27 bits per heavy atom. The van der Waals surface area contributed by atoms with E-state index in [9.17, 15) is 0 Å². The van der Waals surface area contributed by atoms with Gasteiger partial charge in [0, 0.05) is 17.2 Å². The molecule has 1 aliphatic rings. The third kappa shape index (κ3) is 2.41. The van der Waals surface area contributed by atoms with E-state index < -0.39 is 0 Å². The summed E-state index contributed by atoms with van der Waals surface area (Å²) in [6.07, 6.45) is 2.99. The summed E-state index contributed by atoms with van der Waals surface area (Å²) in [6.45, 7) is 11.6. The number of nitrogens with zero attached hydrogens (tertiary/aromatic N) is 1. The maximum atomic E-state index is 4.68. The van der Waals surface area contributed by atoms with Gasteiger partial charge in [0.25, 0.3) is 0 Å². The van der Waals surface area contributed by atoms with E-state index in [1.807, 2.05) is 12.3 Å². The number of benzene rings is 2. The van der Waals surface area contributed by atoms with Crippen LogP contribution in [0.25, 0.3) is 22.4 Å². The van der Waals surface area contributed by atoms with Crippen LogP contribution >= 0.6 is 0 Å². The topological polar surface area (TPSA) is 12.9 Å². The van der Waals surface area contributed by atoms with Crippen LogP contribution in [0.2, 0.25) is 0 Å². The van der Waals surface area contributed by atoms with Gasteiger partial charge in [-0.15, -0.1) is 0 Å². The predicted octanol–water partition coefficient (Wildman–Crippen LogP) is 6.74. The van der Waals surface area contributed by atoms with E-state index in [0.717, 1.165) is 12.1 Å². The molecule has 1 aliphatic carbocycles. The van der Waals surface area contributed by atoms with Crippen molar-refractivity contribution in [3.05, 3.63) is 77.5 Å². The molecule has 0 unspecified atom stereocenters. The molecule has 2 aromatic carbocycles. The summed E-state index contributed by atoms with van der Waals surface area (Å²) in [5.41, 5.74) is 9.47. The second-order valence-corrected chi connectivity index (χ2v) is 8.57. The third-order valence-corrected chi connectivity index (χ3v) is 6.28. The molecule has 0 atom stereocenters. The van der Waals surface area contributed by atoms with Gasteiger partial charge in [0.2, 0.25) is 0 Å². The van der Waals surface area contributed by atoms with Crippen LogP contribution in [0.3, 0.4) is 0 Å². The first kappa shape index (κ1) is 17.0. The van der Waals surface area contributed by atoms with E-state index in [2.05, 4.69) is 88.1 Å². The van der Waals surface area contributed by atoms with Gasteiger partial charge in [0.05, 0.1) is 5.69 Å². The first-order valence-corrected chi connectivity index (χ1v) is 9.56. The Bertz CT molecular complexity index is 965. The molecule has 0 radical (unpaired) electrons. The van der Waals surface area contributed by atoms with Crippen LogP contribution in [0.15, 0.2) is 60.8 Å². The van der Waals surface area contributed by atoms with Gasteiger partial charge in [0.1, 0.15) is 0 Å². The molecule has 0 saturated carbocycles. The highest BCUT2D eigenvalue weighted by atomic mass is 14.7. The fourth-order valence-electron chi connectivity index (χ4n) is 4.23. The molecule has 132 valence electrons. The summed E-state index contributed by atoms with van der Waals surface area (Å²) < 4.78 is 0. The smallest absolute Gasteiger partial charge is 0.0705 e. The molecule has 0 bridgehead atoms. The van der Waals surface area contributed by atoms with E-state index in [4.69, 9.17) is 0 Å². The Labute approximate surface area is 157 Å². The van der Waals surface area contributed by atoms with Gasteiger partial charge < -0.3 is 0 Å². The number of aromatic nitrogens is 1. The average molecular weight is 341 g/mol. The van der Waals surface area contributed by atoms with Gasteiger partial charge in [0.15, 0.2) is 0 Å². The number of rotatable bonds is 3. The first-order chi connectivity index (χ1) is 12.4. The van der Waals surface area contributed by atoms with Crippen molar-refractivity contribution in [1.82, 2.24) is 4.98 Å². The highest BCUT2D eigenvalue weighted by Gasteiger charge is 2.37. The maximum Gasteiger partial charge on any atom is 0.0705 e. The second kappa shape index (κ2) is 5.81. The summed E-state index contributed by atoms with van der Waals surface area (Å²) in [5, 5.41) is 0. The number of hydrogen-bond donors (Lipinski definition) is 0. The fourth-order valence-corrected chi connectivity index (χ4v) is 4.23.